The van der Waals surface area contributed by atoms with Crippen molar-refractivity contribution in [2.75, 3.05) is 6.54 Å². The molecule has 3 aromatic rings. The maximum atomic E-state index is 11.6. The zero-order chi connectivity index (χ0) is 20.5. The van der Waals surface area contributed by atoms with Gasteiger partial charge in [-0.3, -0.25) is 10.1 Å². The van der Waals surface area contributed by atoms with Crippen LogP contribution in [0.5, 0.6) is 0 Å². The molecule has 8 heteroatoms. The number of alkyl carbamates (subject to hydrolysis) is 1. The van der Waals surface area contributed by atoms with Crippen molar-refractivity contribution < 1.29 is 14.5 Å². The minimum atomic E-state index is -0.500. The van der Waals surface area contributed by atoms with Crippen LogP contribution in [0.15, 0.2) is 67.0 Å². The number of ether oxygens (including phenoxy) is 1. The molecule has 1 N–H and O–H groups in total. The third-order valence-corrected chi connectivity index (χ3v) is 3.87. The van der Waals surface area contributed by atoms with E-state index in [-0.39, 0.29) is 12.3 Å². The molecular formula is C21H18N4O4. The lowest BCUT2D eigenvalue weighted by Crippen LogP contribution is -2.24. The number of nitro groups is 1. The number of rotatable bonds is 6. The van der Waals surface area contributed by atoms with Gasteiger partial charge in [0.25, 0.3) is 5.69 Å². The number of hydrogen-bond donors (Lipinski definition) is 1. The van der Waals surface area contributed by atoms with Crippen molar-refractivity contribution in [1.29, 1.82) is 0 Å². The Balaban J connectivity index is 1.47. The summed E-state index contributed by atoms with van der Waals surface area (Å²) < 4.78 is 6.53. The molecule has 1 heterocycles. The molecule has 1 amide bonds. The van der Waals surface area contributed by atoms with E-state index in [0.717, 1.165) is 5.56 Å². The second kappa shape index (κ2) is 9.71. The molecule has 0 atom stereocenters. The number of amides is 1. The summed E-state index contributed by atoms with van der Waals surface area (Å²) in [5.41, 5.74) is 1.87. The summed E-state index contributed by atoms with van der Waals surface area (Å²) in [6.45, 7) is 0.558. The van der Waals surface area contributed by atoms with Crippen LogP contribution in [0.25, 0.3) is 5.69 Å². The first-order valence-electron chi connectivity index (χ1n) is 8.85. The van der Waals surface area contributed by atoms with E-state index in [1.54, 1.807) is 24.4 Å². The molecule has 0 fully saturated rings. The third kappa shape index (κ3) is 5.68. The zero-order valence-corrected chi connectivity index (χ0v) is 15.4. The second-order valence-corrected chi connectivity index (χ2v) is 5.96. The Labute approximate surface area is 167 Å². The first kappa shape index (κ1) is 19.6. The van der Waals surface area contributed by atoms with Crippen molar-refractivity contribution in [3.8, 4) is 17.5 Å². The highest BCUT2D eigenvalue weighted by molar-refractivity contribution is 5.67. The lowest BCUT2D eigenvalue weighted by molar-refractivity contribution is -0.384. The number of benzene rings is 2. The predicted molar refractivity (Wildman–Crippen MR) is 106 cm³/mol. The van der Waals surface area contributed by atoms with Gasteiger partial charge in [0.15, 0.2) is 0 Å². The van der Waals surface area contributed by atoms with Crippen LogP contribution < -0.4 is 5.32 Å². The van der Waals surface area contributed by atoms with E-state index < -0.39 is 11.0 Å². The SMILES string of the molecule is O=C(NCCC#Cc1cnn(-c2ccccc2[N+](=O)[O-])c1)OCc1ccccc1. The Morgan fingerprint density at radius 1 is 1.17 bits per heavy atom. The van der Waals surface area contributed by atoms with Gasteiger partial charge in [-0.05, 0) is 11.6 Å². The first-order chi connectivity index (χ1) is 14.1. The van der Waals surface area contributed by atoms with Crippen LogP contribution in [0.1, 0.15) is 17.5 Å². The Bertz CT molecular complexity index is 1050. The summed E-state index contributed by atoms with van der Waals surface area (Å²) in [7, 11) is 0. The lowest BCUT2D eigenvalue weighted by Gasteiger charge is -2.05. The number of carbonyl (C=O) groups is 1. The Morgan fingerprint density at radius 2 is 1.93 bits per heavy atom. The fourth-order valence-electron chi connectivity index (χ4n) is 2.50. The van der Waals surface area contributed by atoms with E-state index in [0.29, 0.717) is 24.2 Å². The van der Waals surface area contributed by atoms with Crippen LogP contribution in [0.2, 0.25) is 0 Å². The van der Waals surface area contributed by atoms with Crippen LogP contribution in [0.3, 0.4) is 0 Å². The molecule has 0 spiro atoms. The van der Waals surface area contributed by atoms with Crippen LogP contribution in [-0.2, 0) is 11.3 Å². The Hall–Kier alpha value is -4.12. The van der Waals surface area contributed by atoms with Gasteiger partial charge in [0.1, 0.15) is 12.3 Å². The van der Waals surface area contributed by atoms with Crippen LogP contribution in [-0.4, -0.2) is 27.3 Å². The van der Waals surface area contributed by atoms with Gasteiger partial charge in [0.2, 0.25) is 0 Å². The summed E-state index contributed by atoms with van der Waals surface area (Å²) >= 11 is 0. The monoisotopic (exact) mass is 390 g/mol. The highest BCUT2D eigenvalue weighted by Crippen LogP contribution is 2.21. The number of carbonyl (C=O) groups excluding carboxylic acids is 1. The van der Waals surface area contributed by atoms with E-state index in [4.69, 9.17) is 4.74 Å². The van der Waals surface area contributed by atoms with E-state index in [1.807, 2.05) is 30.3 Å². The number of nitrogens with one attached hydrogen (secondary N) is 1. The van der Waals surface area contributed by atoms with E-state index in [9.17, 15) is 14.9 Å². The van der Waals surface area contributed by atoms with Crippen molar-refractivity contribution in [3.05, 3.63) is 88.2 Å². The zero-order valence-electron chi connectivity index (χ0n) is 15.4. The molecule has 146 valence electrons. The van der Waals surface area contributed by atoms with Gasteiger partial charge in [-0.25, -0.2) is 9.48 Å². The number of hydrogen-bond acceptors (Lipinski definition) is 5. The molecule has 0 aliphatic carbocycles. The van der Waals surface area contributed by atoms with Crippen molar-refractivity contribution in [2.24, 2.45) is 0 Å². The van der Waals surface area contributed by atoms with Crippen LogP contribution in [0, 0.1) is 22.0 Å². The molecule has 0 radical (unpaired) electrons. The van der Waals surface area contributed by atoms with Gasteiger partial charge in [0.05, 0.1) is 16.7 Å². The molecule has 1 aromatic heterocycles. The van der Waals surface area contributed by atoms with Gasteiger partial charge < -0.3 is 10.1 Å². The minimum absolute atomic E-state index is 0.0340. The lowest BCUT2D eigenvalue weighted by atomic mass is 10.2. The molecule has 29 heavy (non-hydrogen) atoms. The summed E-state index contributed by atoms with van der Waals surface area (Å²) in [6.07, 6.45) is 3.08. The summed E-state index contributed by atoms with van der Waals surface area (Å²) in [4.78, 5) is 22.3. The predicted octanol–water partition coefficient (Wildman–Crippen LogP) is 3.45. The molecule has 0 aliphatic rings. The fourth-order valence-corrected chi connectivity index (χ4v) is 2.50. The highest BCUT2D eigenvalue weighted by atomic mass is 16.6. The molecule has 3 rings (SSSR count). The smallest absolute Gasteiger partial charge is 0.407 e. The average molecular weight is 390 g/mol. The summed E-state index contributed by atoms with van der Waals surface area (Å²) in [5.74, 6) is 5.85. The van der Waals surface area contributed by atoms with Crippen molar-refractivity contribution in [2.45, 2.75) is 13.0 Å². The van der Waals surface area contributed by atoms with Gasteiger partial charge in [-0.15, -0.1) is 0 Å². The largest absolute Gasteiger partial charge is 0.445 e. The number of nitro benzene ring substituents is 1. The fraction of sp³-hybridized carbons (Fsp3) is 0.143. The first-order valence-corrected chi connectivity index (χ1v) is 8.85. The molecule has 2 aromatic carbocycles. The number of aromatic nitrogens is 2. The normalized spacial score (nSPS) is 9.93. The van der Waals surface area contributed by atoms with Crippen molar-refractivity contribution >= 4 is 11.8 Å². The maximum Gasteiger partial charge on any atom is 0.407 e. The van der Waals surface area contributed by atoms with E-state index in [1.165, 1.54) is 16.9 Å². The topological polar surface area (TPSA) is 99.3 Å². The van der Waals surface area contributed by atoms with E-state index in [2.05, 4.69) is 22.3 Å². The molecular weight excluding hydrogens is 372 g/mol. The van der Waals surface area contributed by atoms with Gasteiger partial charge in [-0.1, -0.05) is 54.3 Å². The van der Waals surface area contributed by atoms with Crippen LogP contribution >= 0.6 is 0 Å². The van der Waals surface area contributed by atoms with Gasteiger partial charge in [0, 0.05) is 25.2 Å². The van der Waals surface area contributed by atoms with Crippen molar-refractivity contribution in [3.63, 3.8) is 0 Å². The second-order valence-electron chi connectivity index (χ2n) is 5.96. The Kier molecular flexibility index (Phi) is 6.58. The number of para-hydroxylation sites is 2. The minimum Gasteiger partial charge on any atom is -0.445 e. The molecule has 0 unspecified atom stereocenters. The number of nitrogens with zero attached hydrogens (tertiary/aromatic N) is 3. The molecule has 0 bridgehead atoms. The van der Waals surface area contributed by atoms with Crippen molar-refractivity contribution in [1.82, 2.24) is 15.1 Å². The standard InChI is InChI=1S/C21H18N4O4/c26-21(29-16-17-8-2-1-3-9-17)22-13-7-6-10-18-14-23-24(15-18)19-11-4-5-12-20(19)25(27)28/h1-5,8-9,11-12,14-15H,7,13,16H2,(H,22,26). The average Bonchev–Trinajstić information content (AvgIpc) is 3.21. The molecule has 8 nitrogen and oxygen atoms in total. The highest BCUT2D eigenvalue weighted by Gasteiger charge is 2.14. The third-order valence-electron chi connectivity index (χ3n) is 3.87. The molecule has 0 saturated heterocycles. The van der Waals surface area contributed by atoms with Gasteiger partial charge >= 0.3 is 6.09 Å². The van der Waals surface area contributed by atoms with Gasteiger partial charge in [-0.2, -0.15) is 5.10 Å². The summed E-state index contributed by atoms with van der Waals surface area (Å²) in [5, 5.41) is 17.9. The quantitative estimate of drug-likeness (QED) is 0.301. The molecule has 0 saturated carbocycles. The Morgan fingerprint density at radius 3 is 2.72 bits per heavy atom. The molecule has 0 aliphatic heterocycles. The summed E-state index contributed by atoms with van der Waals surface area (Å²) in [6, 6.07) is 15.8. The maximum absolute atomic E-state index is 11.6. The van der Waals surface area contributed by atoms with E-state index >= 15 is 0 Å². The van der Waals surface area contributed by atoms with Crippen LogP contribution in [0.4, 0.5) is 10.5 Å².